The molecule has 0 aromatic heterocycles. The molecule has 2 rings (SSSR count). The molecule has 98 valence electrons. The van der Waals surface area contributed by atoms with Gasteiger partial charge in [0.05, 0.1) is 7.11 Å². The van der Waals surface area contributed by atoms with Crippen LogP contribution in [0.3, 0.4) is 0 Å². The molecule has 0 fully saturated rings. The highest BCUT2D eigenvalue weighted by molar-refractivity contribution is 5.63. The van der Waals surface area contributed by atoms with E-state index in [0.29, 0.717) is 0 Å². The Morgan fingerprint density at radius 3 is 2.53 bits per heavy atom. The Balaban J connectivity index is 2.19. The number of hydrogen-bond acceptors (Lipinski definition) is 2. The molecular weight excluding hydrogens is 236 g/mol. The van der Waals surface area contributed by atoms with Gasteiger partial charge in [-0.15, -0.1) is 0 Å². The molecule has 0 aliphatic carbocycles. The second kappa shape index (κ2) is 6.19. The molecule has 0 heterocycles. The van der Waals surface area contributed by atoms with Crippen molar-refractivity contribution in [3.63, 3.8) is 0 Å². The fourth-order valence-corrected chi connectivity index (χ4v) is 2.09. The van der Waals surface area contributed by atoms with Gasteiger partial charge in [-0.1, -0.05) is 42.0 Å². The van der Waals surface area contributed by atoms with E-state index in [4.69, 9.17) is 4.74 Å². The van der Waals surface area contributed by atoms with Gasteiger partial charge < -0.3 is 9.53 Å². The molecule has 1 atom stereocenters. The van der Waals surface area contributed by atoms with Crippen LogP contribution in [0.25, 0.3) is 0 Å². The van der Waals surface area contributed by atoms with E-state index in [2.05, 4.69) is 31.2 Å². The van der Waals surface area contributed by atoms with Crippen LogP contribution in [0, 0.1) is 6.92 Å². The van der Waals surface area contributed by atoms with Gasteiger partial charge in [0, 0.05) is 5.92 Å². The van der Waals surface area contributed by atoms with Gasteiger partial charge in [0.25, 0.3) is 0 Å². The quantitative estimate of drug-likeness (QED) is 0.763. The highest BCUT2D eigenvalue weighted by Gasteiger charge is 2.12. The largest absolute Gasteiger partial charge is 0.497 e. The smallest absolute Gasteiger partial charge is 0.127 e. The highest BCUT2D eigenvalue weighted by atomic mass is 16.5. The third-order valence-corrected chi connectivity index (χ3v) is 3.26. The summed E-state index contributed by atoms with van der Waals surface area (Å²) in [5, 5.41) is 0. The van der Waals surface area contributed by atoms with Crippen LogP contribution >= 0.6 is 0 Å². The van der Waals surface area contributed by atoms with Crippen LogP contribution in [0.5, 0.6) is 5.75 Å². The van der Waals surface area contributed by atoms with Crippen molar-refractivity contribution in [3.05, 3.63) is 65.2 Å². The molecule has 19 heavy (non-hydrogen) atoms. The van der Waals surface area contributed by atoms with Crippen molar-refractivity contribution in [2.75, 3.05) is 7.11 Å². The Labute approximate surface area is 114 Å². The minimum absolute atomic E-state index is 0.127. The zero-order chi connectivity index (χ0) is 13.7. The summed E-state index contributed by atoms with van der Waals surface area (Å²) in [5.41, 5.74) is 3.40. The molecule has 0 saturated carbocycles. The zero-order valence-corrected chi connectivity index (χ0v) is 11.3. The van der Waals surface area contributed by atoms with E-state index in [1.165, 1.54) is 11.1 Å². The standard InChI is InChI=1S/C17H18O2/c1-13-6-8-14(9-7-13)10-16(12-18)15-4-3-5-17(11-15)19-2/h3-9,11-12,16H,10H2,1-2H3. The summed E-state index contributed by atoms with van der Waals surface area (Å²) in [6.07, 6.45) is 1.73. The number of methoxy groups -OCH3 is 1. The Kier molecular flexibility index (Phi) is 4.35. The van der Waals surface area contributed by atoms with Crippen LogP contribution in [0.1, 0.15) is 22.6 Å². The van der Waals surface area contributed by atoms with Gasteiger partial charge in [0.15, 0.2) is 0 Å². The van der Waals surface area contributed by atoms with Crippen molar-refractivity contribution in [3.8, 4) is 5.75 Å². The number of carbonyl (C=O) groups is 1. The van der Waals surface area contributed by atoms with E-state index in [0.717, 1.165) is 24.0 Å². The maximum atomic E-state index is 11.3. The third kappa shape index (κ3) is 3.44. The monoisotopic (exact) mass is 254 g/mol. The third-order valence-electron chi connectivity index (χ3n) is 3.26. The number of aldehydes is 1. The van der Waals surface area contributed by atoms with E-state index >= 15 is 0 Å². The second-order valence-electron chi connectivity index (χ2n) is 4.71. The first-order chi connectivity index (χ1) is 9.22. The van der Waals surface area contributed by atoms with Crippen molar-refractivity contribution in [2.24, 2.45) is 0 Å². The molecule has 0 aliphatic heterocycles. The molecule has 2 heteroatoms. The van der Waals surface area contributed by atoms with Gasteiger partial charge in [0.2, 0.25) is 0 Å². The van der Waals surface area contributed by atoms with Crippen molar-refractivity contribution < 1.29 is 9.53 Å². The summed E-state index contributed by atoms with van der Waals surface area (Å²) in [6, 6.07) is 16.0. The molecule has 0 radical (unpaired) electrons. The average molecular weight is 254 g/mol. The van der Waals surface area contributed by atoms with E-state index in [-0.39, 0.29) is 5.92 Å². The van der Waals surface area contributed by atoms with Crippen molar-refractivity contribution in [2.45, 2.75) is 19.3 Å². The minimum atomic E-state index is -0.127. The summed E-state index contributed by atoms with van der Waals surface area (Å²) in [4.78, 5) is 11.3. The van der Waals surface area contributed by atoms with Gasteiger partial charge in [0.1, 0.15) is 12.0 Å². The number of rotatable bonds is 5. The first kappa shape index (κ1) is 13.3. The lowest BCUT2D eigenvalue weighted by Crippen LogP contribution is -2.04. The Morgan fingerprint density at radius 1 is 1.16 bits per heavy atom. The van der Waals surface area contributed by atoms with Crippen LogP contribution in [-0.2, 0) is 11.2 Å². The minimum Gasteiger partial charge on any atom is -0.497 e. The predicted octanol–water partition coefficient (Wildman–Crippen LogP) is 3.53. The Morgan fingerprint density at radius 2 is 1.89 bits per heavy atom. The summed E-state index contributed by atoms with van der Waals surface area (Å²) in [5.74, 6) is 0.658. The van der Waals surface area contributed by atoms with Gasteiger partial charge in [-0.05, 0) is 36.6 Å². The predicted molar refractivity (Wildman–Crippen MR) is 76.7 cm³/mol. The molecule has 0 bridgehead atoms. The molecule has 0 saturated heterocycles. The number of ether oxygens (including phenoxy) is 1. The molecule has 0 aliphatic rings. The Bertz CT molecular complexity index is 543. The maximum Gasteiger partial charge on any atom is 0.127 e. The molecule has 0 spiro atoms. The molecule has 2 aromatic rings. The first-order valence-corrected chi connectivity index (χ1v) is 6.37. The van der Waals surface area contributed by atoms with Gasteiger partial charge in [-0.3, -0.25) is 0 Å². The molecule has 1 unspecified atom stereocenters. The van der Waals surface area contributed by atoms with E-state index < -0.39 is 0 Å². The lowest BCUT2D eigenvalue weighted by molar-refractivity contribution is -0.109. The summed E-state index contributed by atoms with van der Waals surface area (Å²) >= 11 is 0. The van der Waals surface area contributed by atoms with E-state index in [1.807, 2.05) is 24.3 Å². The SMILES string of the molecule is COc1cccc(C(C=O)Cc2ccc(C)cc2)c1. The maximum absolute atomic E-state index is 11.3. The van der Waals surface area contributed by atoms with Gasteiger partial charge in [-0.2, -0.15) is 0 Å². The fourth-order valence-electron chi connectivity index (χ4n) is 2.09. The van der Waals surface area contributed by atoms with Gasteiger partial charge in [-0.25, -0.2) is 0 Å². The molecular formula is C17H18O2. The number of aryl methyl sites for hydroxylation is 1. The van der Waals surface area contributed by atoms with Crippen LogP contribution in [0.2, 0.25) is 0 Å². The van der Waals surface area contributed by atoms with Crippen molar-refractivity contribution in [1.82, 2.24) is 0 Å². The lowest BCUT2D eigenvalue weighted by Gasteiger charge is -2.12. The van der Waals surface area contributed by atoms with Crippen LogP contribution in [-0.4, -0.2) is 13.4 Å². The normalized spacial score (nSPS) is 11.9. The van der Waals surface area contributed by atoms with Crippen LogP contribution in [0.15, 0.2) is 48.5 Å². The highest BCUT2D eigenvalue weighted by Crippen LogP contribution is 2.23. The molecule has 0 amide bonds. The summed E-state index contributed by atoms with van der Waals surface area (Å²) < 4.78 is 5.20. The first-order valence-electron chi connectivity index (χ1n) is 6.37. The van der Waals surface area contributed by atoms with E-state index in [9.17, 15) is 4.79 Å². The van der Waals surface area contributed by atoms with Gasteiger partial charge >= 0.3 is 0 Å². The number of carbonyl (C=O) groups excluding carboxylic acids is 1. The topological polar surface area (TPSA) is 26.3 Å². The number of hydrogen-bond donors (Lipinski definition) is 0. The summed E-state index contributed by atoms with van der Waals surface area (Å²) in [6.45, 7) is 2.06. The summed E-state index contributed by atoms with van der Waals surface area (Å²) in [7, 11) is 1.63. The molecule has 0 N–H and O–H groups in total. The zero-order valence-electron chi connectivity index (χ0n) is 11.3. The van der Waals surface area contributed by atoms with Crippen molar-refractivity contribution in [1.29, 1.82) is 0 Å². The molecule has 2 nitrogen and oxygen atoms in total. The molecule has 2 aromatic carbocycles. The number of benzene rings is 2. The van der Waals surface area contributed by atoms with E-state index in [1.54, 1.807) is 7.11 Å². The average Bonchev–Trinajstić information content (AvgIpc) is 2.46. The van der Waals surface area contributed by atoms with Crippen LogP contribution < -0.4 is 4.74 Å². The second-order valence-corrected chi connectivity index (χ2v) is 4.71. The Hall–Kier alpha value is -2.09. The van der Waals surface area contributed by atoms with Crippen molar-refractivity contribution >= 4 is 6.29 Å². The fraction of sp³-hybridized carbons (Fsp3) is 0.235. The lowest BCUT2D eigenvalue weighted by atomic mass is 9.93. The van der Waals surface area contributed by atoms with Crippen LogP contribution in [0.4, 0.5) is 0 Å².